The van der Waals surface area contributed by atoms with E-state index in [1.807, 2.05) is 6.07 Å². The number of benzene rings is 1. The summed E-state index contributed by atoms with van der Waals surface area (Å²) in [7, 11) is 2.16. The fourth-order valence-electron chi connectivity index (χ4n) is 4.82. The molecule has 1 aromatic carbocycles. The number of likely N-dealkylation sites (tertiary alicyclic amines) is 1. The van der Waals surface area contributed by atoms with Crippen molar-refractivity contribution in [1.29, 1.82) is 0 Å². The molecule has 0 bridgehead atoms. The molecular formula is C21H34Cl2N4O. The lowest BCUT2D eigenvalue weighted by Gasteiger charge is -2.43. The van der Waals surface area contributed by atoms with Crippen molar-refractivity contribution in [1.82, 2.24) is 20.0 Å². The molecule has 0 aromatic heterocycles. The largest absolute Gasteiger partial charge is 0.341 e. The second-order valence-electron chi connectivity index (χ2n) is 8.40. The Balaban J connectivity index is 0.00000140. The van der Waals surface area contributed by atoms with Crippen LogP contribution in [0.1, 0.15) is 30.9 Å². The number of nitrogens with one attached hydrogen (secondary N) is 1. The summed E-state index contributed by atoms with van der Waals surface area (Å²) in [4.78, 5) is 20.4. The molecular weight excluding hydrogens is 395 g/mol. The Morgan fingerprint density at radius 2 is 1.61 bits per heavy atom. The molecule has 5 nitrogen and oxygen atoms in total. The van der Waals surface area contributed by atoms with Crippen molar-refractivity contribution in [2.75, 3.05) is 59.4 Å². The van der Waals surface area contributed by atoms with E-state index in [2.05, 4.69) is 51.3 Å². The van der Waals surface area contributed by atoms with Gasteiger partial charge in [0.1, 0.15) is 6.04 Å². The van der Waals surface area contributed by atoms with Crippen LogP contribution in [0.4, 0.5) is 0 Å². The zero-order valence-electron chi connectivity index (χ0n) is 16.8. The van der Waals surface area contributed by atoms with Crippen LogP contribution in [-0.4, -0.2) is 80.0 Å². The molecule has 0 saturated carbocycles. The van der Waals surface area contributed by atoms with E-state index in [9.17, 15) is 4.79 Å². The number of piperidine rings is 1. The Bertz CT molecular complexity index is 606. The minimum atomic E-state index is -0.124. The molecule has 1 N–H and O–H groups in total. The molecule has 0 radical (unpaired) electrons. The fourth-order valence-corrected chi connectivity index (χ4v) is 4.82. The molecule has 1 amide bonds. The number of amides is 1. The van der Waals surface area contributed by atoms with Crippen LogP contribution in [0.2, 0.25) is 0 Å². The lowest BCUT2D eigenvalue weighted by atomic mass is 9.77. The second-order valence-corrected chi connectivity index (χ2v) is 8.40. The molecule has 4 rings (SSSR count). The lowest BCUT2D eigenvalue weighted by molar-refractivity contribution is -0.140. The van der Waals surface area contributed by atoms with E-state index in [0.29, 0.717) is 11.3 Å². The number of nitrogens with zero attached hydrogens (tertiary/aromatic N) is 3. The van der Waals surface area contributed by atoms with Gasteiger partial charge in [-0.05, 0) is 43.8 Å². The first-order valence-corrected chi connectivity index (χ1v) is 10.1. The molecule has 3 aliphatic rings. The van der Waals surface area contributed by atoms with Crippen molar-refractivity contribution in [3.8, 4) is 0 Å². The minimum Gasteiger partial charge on any atom is -0.341 e. The number of piperazine rings is 1. The molecule has 3 aliphatic heterocycles. The van der Waals surface area contributed by atoms with Gasteiger partial charge in [0.25, 0.3) is 0 Å². The highest BCUT2D eigenvalue weighted by Gasteiger charge is 2.40. The Kier molecular flexibility index (Phi) is 8.59. The lowest BCUT2D eigenvalue weighted by Crippen LogP contribution is -2.52. The van der Waals surface area contributed by atoms with Gasteiger partial charge in [0, 0.05) is 45.8 Å². The van der Waals surface area contributed by atoms with Gasteiger partial charge in [-0.1, -0.05) is 30.3 Å². The third-order valence-electron chi connectivity index (χ3n) is 6.72. The first-order valence-electron chi connectivity index (χ1n) is 10.1. The molecule has 28 heavy (non-hydrogen) atoms. The topological polar surface area (TPSA) is 38.8 Å². The molecule has 1 unspecified atom stereocenters. The highest BCUT2D eigenvalue weighted by molar-refractivity contribution is 5.85. The van der Waals surface area contributed by atoms with Crippen molar-refractivity contribution in [2.24, 2.45) is 5.41 Å². The summed E-state index contributed by atoms with van der Waals surface area (Å²) >= 11 is 0. The highest BCUT2D eigenvalue weighted by Crippen LogP contribution is 2.38. The smallest absolute Gasteiger partial charge is 0.244 e. The summed E-state index contributed by atoms with van der Waals surface area (Å²) in [6.07, 6.45) is 3.57. The van der Waals surface area contributed by atoms with Crippen LogP contribution in [0.15, 0.2) is 30.3 Å². The van der Waals surface area contributed by atoms with Crippen molar-refractivity contribution in [3.05, 3.63) is 35.9 Å². The van der Waals surface area contributed by atoms with Crippen LogP contribution in [-0.2, 0) is 4.79 Å². The van der Waals surface area contributed by atoms with Crippen LogP contribution >= 0.6 is 24.8 Å². The van der Waals surface area contributed by atoms with Gasteiger partial charge in [-0.2, -0.15) is 0 Å². The molecule has 1 aromatic rings. The fraction of sp³-hybridized carbons (Fsp3) is 0.667. The van der Waals surface area contributed by atoms with Crippen LogP contribution in [0.25, 0.3) is 0 Å². The third kappa shape index (κ3) is 5.00. The van der Waals surface area contributed by atoms with E-state index in [1.54, 1.807) is 0 Å². The highest BCUT2D eigenvalue weighted by atomic mass is 35.5. The van der Waals surface area contributed by atoms with Crippen molar-refractivity contribution < 1.29 is 4.79 Å². The SMILES string of the molecule is CN1CCN(C(C(=O)N2CCC3(CCNC3)CC2)c2ccccc2)CC1.Cl.Cl. The van der Waals surface area contributed by atoms with Crippen LogP contribution in [0.3, 0.4) is 0 Å². The Labute approximate surface area is 181 Å². The number of carbonyl (C=O) groups excluding carboxylic acids is 1. The predicted octanol–water partition coefficient (Wildman–Crippen LogP) is 2.42. The number of likely N-dealkylation sites (N-methyl/N-ethyl adjacent to an activating group) is 1. The van der Waals surface area contributed by atoms with Crippen LogP contribution in [0, 0.1) is 5.41 Å². The molecule has 158 valence electrons. The second kappa shape index (κ2) is 10.3. The molecule has 1 atom stereocenters. The van der Waals surface area contributed by atoms with Gasteiger partial charge in [-0.25, -0.2) is 0 Å². The molecule has 3 heterocycles. The molecule has 0 aliphatic carbocycles. The summed E-state index contributed by atoms with van der Waals surface area (Å²) in [6.45, 7) is 8.09. The summed E-state index contributed by atoms with van der Waals surface area (Å²) in [5, 5.41) is 3.51. The average Bonchev–Trinajstić information content (AvgIpc) is 3.13. The normalized spacial score (nSPS) is 23.7. The van der Waals surface area contributed by atoms with Crippen molar-refractivity contribution >= 4 is 30.7 Å². The number of carbonyl (C=O) groups is 1. The van der Waals surface area contributed by atoms with E-state index in [-0.39, 0.29) is 30.9 Å². The van der Waals surface area contributed by atoms with Gasteiger partial charge in [0.15, 0.2) is 0 Å². The monoisotopic (exact) mass is 428 g/mol. The van der Waals surface area contributed by atoms with Gasteiger partial charge >= 0.3 is 0 Å². The van der Waals surface area contributed by atoms with Crippen molar-refractivity contribution in [2.45, 2.75) is 25.3 Å². The van der Waals surface area contributed by atoms with Gasteiger partial charge in [0.05, 0.1) is 0 Å². The molecule has 3 saturated heterocycles. The molecule has 1 spiro atoms. The third-order valence-corrected chi connectivity index (χ3v) is 6.72. The van der Waals surface area contributed by atoms with E-state index >= 15 is 0 Å². The molecule has 7 heteroatoms. The molecule has 3 fully saturated rings. The first-order chi connectivity index (χ1) is 12.7. The Morgan fingerprint density at radius 1 is 0.964 bits per heavy atom. The van der Waals surface area contributed by atoms with Gasteiger partial charge in [-0.3, -0.25) is 9.69 Å². The van der Waals surface area contributed by atoms with Crippen LogP contribution in [0.5, 0.6) is 0 Å². The summed E-state index contributed by atoms with van der Waals surface area (Å²) in [5.41, 5.74) is 1.59. The maximum atomic E-state index is 13.5. The van der Waals surface area contributed by atoms with Gasteiger partial charge in [-0.15, -0.1) is 24.8 Å². The number of hydrogen-bond donors (Lipinski definition) is 1. The zero-order chi connectivity index (χ0) is 18.0. The van der Waals surface area contributed by atoms with Gasteiger partial charge < -0.3 is 15.1 Å². The number of rotatable bonds is 3. The van der Waals surface area contributed by atoms with Crippen molar-refractivity contribution in [3.63, 3.8) is 0 Å². The maximum absolute atomic E-state index is 13.5. The van der Waals surface area contributed by atoms with Crippen LogP contribution < -0.4 is 5.32 Å². The predicted molar refractivity (Wildman–Crippen MR) is 118 cm³/mol. The minimum absolute atomic E-state index is 0. The van der Waals surface area contributed by atoms with E-state index in [1.165, 1.54) is 6.42 Å². The Morgan fingerprint density at radius 3 is 2.18 bits per heavy atom. The number of hydrogen-bond acceptors (Lipinski definition) is 4. The summed E-state index contributed by atoms with van der Waals surface area (Å²) < 4.78 is 0. The maximum Gasteiger partial charge on any atom is 0.244 e. The van der Waals surface area contributed by atoms with E-state index in [0.717, 1.165) is 70.8 Å². The van der Waals surface area contributed by atoms with E-state index < -0.39 is 0 Å². The standard InChI is InChI=1S/C21H32N4O.2ClH/c1-23-13-15-24(16-14-23)19(18-5-3-2-4-6-18)20(26)25-11-8-21(9-12-25)7-10-22-17-21;;/h2-6,19,22H,7-17H2,1H3;2*1H. The summed E-state index contributed by atoms with van der Waals surface area (Å²) in [5.74, 6) is 0.307. The van der Waals surface area contributed by atoms with E-state index in [4.69, 9.17) is 0 Å². The number of halogens is 2. The Hall–Kier alpha value is -0.850. The van der Waals surface area contributed by atoms with Gasteiger partial charge in [0.2, 0.25) is 5.91 Å². The average molecular weight is 429 g/mol. The summed E-state index contributed by atoms with van der Waals surface area (Å²) in [6, 6.07) is 10.3. The zero-order valence-corrected chi connectivity index (χ0v) is 18.4. The quantitative estimate of drug-likeness (QED) is 0.801. The first kappa shape index (κ1) is 23.4.